The number of nitrogens with zero attached hydrogens (tertiary/aromatic N) is 4. The third-order valence-corrected chi connectivity index (χ3v) is 6.69. The molecule has 3 fully saturated rings. The van der Waals surface area contributed by atoms with E-state index in [1.165, 1.54) is 5.69 Å². The van der Waals surface area contributed by atoms with E-state index in [0.717, 1.165) is 55.7 Å². The van der Waals surface area contributed by atoms with Crippen LogP contribution in [-0.2, 0) is 9.59 Å². The Hall–Kier alpha value is -2.06. The largest absolute Gasteiger partial charge is 0.369 e. The highest BCUT2D eigenvalue weighted by Gasteiger charge is 2.35. The SMILES string of the molecule is O=C(CN1C(=O)CSC1=O)N1CCCC(N2CCN(c3ccccc3)CC2)C1. The lowest BCUT2D eigenvalue weighted by atomic mass is 10.0. The van der Waals surface area contributed by atoms with Gasteiger partial charge in [-0.05, 0) is 25.0 Å². The van der Waals surface area contributed by atoms with E-state index < -0.39 is 0 Å². The van der Waals surface area contributed by atoms with Gasteiger partial charge in [-0.1, -0.05) is 30.0 Å². The molecule has 8 heteroatoms. The summed E-state index contributed by atoms with van der Waals surface area (Å²) in [5.74, 6) is -0.216. The number of carbonyl (C=O) groups excluding carboxylic acids is 3. The Labute approximate surface area is 169 Å². The Kier molecular flexibility index (Phi) is 5.87. The summed E-state index contributed by atoms with van der Waals surface area (Å²) in [5, 5.41) is -0.302. The standard InChI is InChI=1S/C20H26N4O3S/c25-18(14-24-19(26)15-28-20(24)27)23-8-4-7-17(13-23)22-11-9-21(10-12-22)16-5-2-1-3-6-16/h1-3,5-6,17H,4,7-15H2. The fourth-order valence-electron chi connectivity index (χ4n) is 4.23. The molecule has 0 bridgehead atoms. The second kappa shape index (κ2) is 8.53. The fourth-order valence-corrected chi connectivity index (χ4v) is 4.96. The molecular weight excluding hydrogens is 376 g/mol. The molecule has 0 saturated carbocycles. The van der Waals surface area contributed by atoms with Gasteiger partial charge in [-0.15, -0.1) is 0 Å². The Bertz CT molecular complexity index is 720. The van der Waals surface area contributed by atoms with Crippen LogP contribution in [0.2, 0.25) is 0 Å². The van der Waals surface area contributed by atoms with Crippen molar-refractivity contribution in [2.75, 3.05) is 56.5 Å². The molecule has 4 rings (SSSR count). The maximum atomic E-state index is 12.7. The molecule has 28 heavy (non-hydrogen) atoms. The fraction of sp³-hybridized carbons (Fsp3) is 0.550. The number of para-hydroxylation sites is 1. The van der Waals surface area contributed by atoms with Crippen molar-refractivity contribution in [3.63, 3.8) is 0 Å². The third-order valence-electron chi connectivity index (χ3n) is 5.84. The molecule has 3 aliphatic heterocycles. The van der Waals surface area contributed by atoms with Gasteiger partial charge in [0, 0.05) is 51.0 Å². The summed E-state index contributed by atoms with van der Waals surface area (Å²) >= 11 is 0.978. The number of rotatable bonds is 4. The lowest BCUT2D eigenvalue weighted by molar-refractivity contribution is -0.138. The number of thioether (sulfide) groups is 1. The number of hydrogen-bond acceptors (Lipinski definition) is 6. The molecule has 1 aromatic rings. The molecule has 0 aromatic heterocycles. The summed E-state index contributed by atoms with van der Waals surface area (Å²) in [4.78, 5) is 44.0. The second-order valence-corrected chi connectivity index (χ2v) is 8.46. The van der Waals surface area contributed by atoms with Crippen molar-refractivity contribution in [2.24, 2.45) is 0 Å². The molecule has 1 atom stereocenters. The molecule has 1 aromatic carbocycles. The third kappa shape index (κ3) is 4.17. The van der Waals surface area contributed by atoms with Crippen LogP contribution in [0.15, 0.2) is 30.3 Å². The molecule has 7 nitrogen and oxygen atoms in total. The average molecular weight is 403 g/mol. The summed E-state index contributed by atoms with van der Waals surface area (Å²) in [6, 6.07) is 10.8. The molecule has 0 aliphatic carbocycles. The van der Waals surface area contributed by atoms with E-state index in [9.17, 15) is 14.4 Å². The van der Waals surface area contributed by atoms with E-state index >= 15 is 0 Å². The zero-order valence-electron chi connectivity index (χ0n) is 16.0. The number of imide groups is 1. The van der Waals surface area contributed by atoms with Gasteiger partial charge in [0.05, 0.1) is 5.75 Å². The summed E-state index contributed by atoms with van der Waals surface area (Å²) in [5.41, 5.74) is 1.26. The average Bonchev–Trinajstić information content (AvgIpc) is 3.06. The quantitative estimate of drug-likeness (QED) is 0.761. The minimum atomic E-state index is -0.302. The van der Waals surface area contributed by atoms with Gasteiger partial charge >= 0.3 is 0 Å². The topological polar surface area (TPSA) is 64.2 Å². The van der Waals surface area contributed by atoms with Gasteiger partial charge < -0.3 is 9.80 Å². The number of piperidine rings is 1. The first-order valence-electron chi connectivity index (χ1n) is 9.91. The van der Waals surface area contributed by atoms with E-state index in [1.807, 2.05) is 11.0 Å². The molecule has 0 N–H and O–H groups in total. The Balaban J connectivity index is 1.30. The van der Waals surface area contributed by atoms with Crippen molar-refractivity contribution in [3.05, 3.63) is 30.3 Å². The van der Waals surface area contributed by atoms with Crippen molar-refractivity contribution in [1.82, 2.24) is 14.7 Å². The molecule has 3 aliphatic rings. The van der Waals surface area contributed by atoms with Crippen molar-refractivity contribution in [2.45, 2.75) is 18.9 Å². The molecule has 3 amide bonds. The molecule has 3 heterocycles. The number of benzene rings is 1. The van der Waals surface area contributed by atoms with E-state index in [2.05, 4.69) is 34.1 Å². The zero-order valence-corrected chi connectivity index (χ0v) is 16.8. The van der Waals surface area contributed by atoms with Gasteiger partial charge in [0.2, 0.25) is 11.8 Å². The molecule has 150 valence electrons. The molecule has 3 saturated heterocycles. The second-order valence-electron chi connectivity index (χ2n) is 7.53. The van der Waals surface area contributed by atoms with Crippen molar-refractivity contribution >= 4 is 34.5 Å². The van der Waals surface area contributed by atoms with Gasteiger partial charge in [0.25, 0.3) is 5.24 Å². The van der Waals surface area contributed by atoms with Crippen LogP contribution in [0.3, 0.4) is 0 Å². The number of piperazine rings is 1. The van der Waals surface area contributed by atoms with Crippen LogP contribution < -0.4 is 4.90 Å². The minimum Gasteiger partial charge on any atom is -0.369 e. The van der Waals surface area contributed by atoms with E-state index in [-0.39, 0.29) is 29.4 Å². The number of amides is 3. The van der Waals surface area contributed by atoms with Gasteiger partial charge in [0.15, 0.2) is 0 Å². The smallest absolute Gasteiger partial charge is 0.289 e. The Morgan fingerprint density at radius 1 is 1.04 bits per heavy atom. The highest BCUT2D eigenvalue weighted by Crippen LogP contribution is 2.22. The highest BCUT2D eigenvalue weighted by molar-refractivity contribution is 8.14. The van der Waals surface area contributed by atoms with Crippen molar-refractivity contribution < 1.29 is 14.4 Å². The Morgan fingerprint density at radius 3 is 2.46 bits per heavy atom. The van der Waals surface area contributed by atoms with Crippen LogP contribution >= 0.6 is 11.8 Å². The maximum absolute atomic E-state index is 12.7. The lowest BCUT2D eigenvalue weighted by Crippen LogP contribution is -2.56. The summed E-state index contributed by atoms with van der Waals surface area (Å²) in [6.45, 7) is 5.24. The zero-order chi connectivity index (χ0) is 19.5. The van der Waals surface area contributed by atoms with Gasteiger partial charge in [0.1, 0.15) is 6.54 Å². The van der Waals surface area contributed by atoms with Crippen molar-refractivity contribution in [1.29, 1.82) is 0 Å². The monoisotopic (exact) mass is 402 g/mol. The normalized spacial score (nSPS) is 24.1. The maximum Gasteiger partial charge on any atom is 0.289 e. The minimum absolute atomic E-state index is 0.112. The van der Waals surface area contributed by atoms with Gasteiger partial charge in [-0.25, -0.2) is 0 Å². The van der Waals surface area contributed by atoms with Crippen LogP contribution in [0, 0.1) is 0 Å². The molecule has 0 radical (unpaired) electrons. The Morgan fingerprint density at radius 2 is 1.79 bits per heavy atom. The van der Waals surface area contributed by atoms with E-state index in [0.29, 0.717) is 19.1 Å². The molecule has 0 spiro atoms. The van der Waals surface area contributed by atoms with Crippen LogP contribution in [-0.4, -0.2) is 89.4 Å². The first kappa shape index (κ1) is 19.3. The number of hydrogen-bond donors (Lipinski definition) is 0. The number of anilines is 1. The van der Waals surface area contributed by atoms with Crippen LogP contribution in [0.25, 0.3) is 0 Å². The van der Waals surface area contributed by atoms with Crippen LogP contribution in [0.4, 0.5) is 10.5 Å². The summed E-state index contributed by atoms with van der Waals surface area (Å²) in [7, 11) is 0. The van der Waals surface area contributed by atoms with Crippen molar-refractivity contribution in [3.8, 4) is 0 Å². The number of likely N-dealkylation sites (tertiary alicyclic amines) is 1. The predicted octanol–water partition coefficient (Wildman–Crippen LogP) is 1.49. The van der Waals surface area contributed by atoms with E-state index in [4.69, 9.17) is 0 Å². The molecule has 1 unspecified atom stereocenters. The predicted molar refractivity (Wildman–Crippen MR) is 109 cm³/mol. The summed E-state index contributed by atoms with van der Waals surface area (Å²) < 4.78 is 0. The highest BCUT2D eigenvalue weighted by atomic mass is 32.2. The van der Waals surface area contributed by atoms with Crippen LogP contribution in [0.5, 0.6) is 0 Å². The number of carbonyl (C=O) groups is 3. The first-order chi connectivity index (χ1) is 13.6. The van der Waals surface area contributed by atoms with Crippen LogP contribution in [0.1, 0.15) is 12.8 Å². The summed E-state index contributed by atoms with van der Waals surface area (Å²) in [6.07, 6.45) is 2.05. The first-order valence-corrected chi connectivity index (χ1v) is 10.9. The van der Waals surface area contributed by atoms with Gasteiger partial charge in [-0.2, -0.15) is 0 Å². The van der Waals surface area contributed by atoms with Gasteiger partial charge in [-0.3, -0.25) is 24.2 Å². The van der Waals surface area contributed by atoms with E-state index in [1.54, 1.807) is 0 Å². The lowest BCUT2D eigenvalue weighted by Gasteiger charge is -2.44. The molecular formula is C20H26N4O3S.